The predicted molar refractivity (Wildman–Crippen MR) is 80.8 cm³/mol. The fourth-order valence-corrected chi connectivity index (χ4v) is 2.56. The summed E-state index contributed by atoms with van der Waals surface area (Å²) in [6, 6.07) is 10.2. The van der Waals surface area contributed by atoms with Crippen LogP contribution in [0.4, 0.5) is 0 Å². The second-order valence-electron chi connectivity index (χ2n) is 5.00. The van der Waals surface area contributed by atoms with Crippen molar-refractivity contribution < 1.29 is 4.42 Å². The summed E-state index contributed by atoms with van der Waals surface area (Å²) in [6.45, 7) is 3.20. The summed E-state index contributed by atoms with van der Waals surface area (Å²) in [7, 11) is 1.99. The van der Waals surface area contributed by atoms with Gasteiger partial charge in [-0.2, -0.15) is 0 Å². The van der Waals surface area contributed by atoms with Gasteiger partial charge < -0.3 is 14.7 Å². The molecule has 0 amide bonds. The van der Waals surface area contributed by atoms with Crippen molar-refractivity contribution in [3.63, 3.8) is 0 Å². The van der Waals surface area contributed by atoms with E-state index in [1.165, 1.54) is 5.56 Å². The van der Waals surface area contributed by atoms with E-state index in [2.05, 4.69) is 40.4 Å². The summed E-state index contributed by atoms with van der Waals surface area (Å²) in [5, 5.41) is 3.25. The van der Waals surface area contributed by atoms with Crippen molar-refractivity contribution in [2.75, 3.05) is 13.6 Å². The monoisotopic (exact) mass is 269 g/mol. The van der Waals surface area contributed by atoms with Gasteiger partial charge in [0.15, 0.2) is 11.6 Å². The Morgan fingerprint density at radius 3 is 2.95 bits per heavy atom. The van der Waals surface area contributed by atoms with E-state index in [0.717, 1.165) is 35.6 Å². The van der Waals surface area contributed by atoms with Crippen LogP contribution < -0.4 is 5.32 Å². The Morgan fingerprint density at radius 2 is 2.25 bits per heavy atom. The lowest BCUT2D eigenvalue weighted by molar-refractivity contribution is 0.578. The third kappa shape index (κ3) is 2.34. The fourth-order valence-electron chi connectivity index (χ4n) is 2.56. The molecule has 0 aliphatic heterocycles. The van der Waals surface area contributed by atoms with E-state index in [1.54, 1.807) is 6.26 Å². The van der Waals surface area contributed by atoms with Gasteiger partial charge in [-0.15, -0.1) is 0 Å². The van der Waals surface area contributed by atoms with Gasteiger partial charge >= 0.3 is 0 Å². The third-order valence-corrected chi connectivity index (χ3v) is 3.68. The minimum atomic E-state index is 0.528. The smallest absolute Gasteiger partial charge is 0.174 e. The summed E-state index contributed by atoms with van der Waals surface area (Å²) < 4.78 is 5.38. The molecule has 4 heteroatoms. The molecule has 0 spiro atoms. The quantitative estimate of drug-likeness (QED) is 0.745. The molecule has 0 aliphatic rings. The number of H-pyrrole nitrogens is 1. The van der Waals surface area contributed by atoms with Gasteiger partial charge in [-0.3, -0.25) is 0 Å². The molecule has 1 aromatic carbocycles. The van der Waals surface area contributed by atoms with Crippen molar-refractivity contribution >= 4 is 11.0 Å². The van der Waals surface area contributed by atoms with Crippen LogP contribution in [-0.4, -0.2) is 23.6 Å². The van der Waals surface area contributed by atoms with Gasteiger partial charge in [0.25, 0.3) is 0 Å². The highest BCUT2D eigenvalue weighted by molar-refractivity contribution is 5.79. The van der Waals surface area contributed by atoms with Crippen LogP contribution >= 0.6 is 0 Å². The number of likely N-dealkylation sites (N-methyl/N-ethyl adjacent to an activating group) is 1. The molecule has 20 heavy (non-hydrogen) atoms. The van der Waals surface area contributed by atoms with Crippen LogP contribution in [0.1, 0.15) is 24.8 Å². The standard InChI is InChI=1S/C16H19N3O/c1-3-11(10-17-2)12-6-7-13-14(9-12)19-16(18-13)15-5-4-8-20-15/h4-9,11,17H,3,10H2,1-2H3,(H,18,19). The molecule has 1 atom stereocenters. The van der Waals surface area contributed by atoms with E-state index in [-0.39, 0.29) is 0 Å². The average Bonchev–Trinajstić information content (AvgIpc) is 3.11. The molecular formula is C16H19N3O. The number of nitrogens with zero attached hydrogens (tertiary/aromatic N) is 1. The van der Waals surface area contributed by atoms with Crippen molar-refractivity contribution in [2.24, 2.45) is 0 Å². The lowest BCUT2D eigenvalue weighted by Gasteiger charge is -2.14. The predicted octanol–water partition coefficient (Wildman–Crippen LogP) is 3.54. The number of hydrogen-bond donors (Lipinski definition) is 2. The van der Waals surface area contributed by atoms with Crippen LogP contribution in [0.3, 0.4) is 0 Å². The maximum absolute atomic E-state index is 5.38. The van der Waals surface area contributed by atoms with Crippen LogP contribution in [0, 0.1) is 0 Å². The summed E-state index contributed by atoms with van der Waals surface area (Å²) in [6.07, 6.45) is 2.78. The van der Waals surface area contributed by atoms with E-state index in [1.807, 2.05) is 19.2 Å². The molecule has 0 bridgehead atoms. The molecule has 2 aromatic heterocycles. The zero-order valence-corrected chi connectivity index (χ0v) is 11.8. The summed E-state index contributed by atoms with van der Waals surface area (Å²) in [5.74, 6) is 2.08. The van der Waals surface area contributed by atoms with E-state index in [4.69, 9.17) is 4.42 Å². The molecule has 2 N–H and O–H groups in total. The van der Waals surface area contributed by atoms with Gasteiger partial charge in [-0.25, -0.2) is 4.98 Å². The molecular weight excluding hydrogens is 250 g/mol. The number of hydrogen-bond acceptors (Lipinski definition) is 3. The number of imidazole rings is 1. The van der Waals surface area contributed by atoms with Crippen molar-refractivity contribution in [1.29, 1.82) is 0 Å². The topological polar surface area (TPSA) is 53.9 Å². The summed E-state index contributed by atoms with van der Waals surface area (Å²) >= 11 is 0. The van der Waals surface area contributed by atoms with E-state index < -0.39 is 0 Å². The van der Waals surface area contributed by atoms with E-state index >= 15 is 0 Å². The van der Waals surface area contributed by atoms with Crippen molar-refractivity contribution in [1.82, 2.24) is 15.3 Å². The fraction of sp³-hybridized carbons (Fsp3) is 0.312. The first kappa shape index (κ1) is 12.9. The van der Waals surface area contributed by atoms with Gasteiger partial charge in [0.2, 0.25) is 0 Å². The maximum atomic E-state index is 5.38. The Bertz CT molecular complexity index is 685. The van der Waals surface area contributed by atoms with Crippen molar-refractivity contribution in [3.05, 3.63) is 42.2 Å². The van der Waals surface area contributed by atoms with Gasteiger partial charge in [-0.1, -0.05) is 13.0 Å². The zero-order valence-electron chi connectivity index (χ0n) is 11.8. The normalized spacial score (nSPS) is 12.9. The number of aromatic amines is 1. The minimum Gasteiger partial charge on any atom is -0.461 e. The Labute approximate surface area is 118 Å². The number of rotatable bonds is 5. The van der Waals surface area contributed by atoms with Gasteiger partial charge in [0.05, 0.1) is 17.3 Å². The second kappa shape index (κ2) is 5.51. The Hall–Kier alpha value is -2.07. The Morgan fingerprint density at radius 1 is 1.35 bits per heavy atom. The molecule has 0 radical (unpaired) electrons. The molecule has 2 heterocycles. The molecule has 0 fully saturated rings. The van der Waals surface area contributed by atoms with Crippen LogP contribution in [0.25, 0.3) is 22.6 Å². The molecule has 0 aliphatic carbocycles. The van der Waals surface area contributed by atoms with Crippen LogP contribution in [0.5, 0.6) is 0 Å². The summed E-state index contributed by atoms with van der Waals surface area (Å²) in [5.41, 5.74) is 3.37. The molecule has 3 aromatic rings. The van der Waals surface area contributed by atoms with Crippen LogP contribution in [-0.2, 0) is 0 Å². The highest BCUT2D eigenvalue weighted by Gasteiger charge is 2.12. The zero-order chi connectivity index (χ0) is 13.9. The summed E-state index contributed by atoms with van der Waals surface area (Å²) in [4.78, 5) is 7.90. The first-order chi connectivity index (χ1) is 9.81. The van der Waals surface area contributed by atoms with Gasteiger partial charge in [0.1, 0.15) is 0 Å². The number of nitrogens with one attached hydrogen (secondary N) is 2. The van der Waals surface area contributed by atoms with Crippen LogP contribution in [0.15, 0.2) is 41.0 Å². The van der Waals surface area contributed by atoms with Gasteiger partial charge in [0, 0.05) is 6.54 Å². The first-order valence-corrected chi connectivity index (χ1v) is 7.00. The van der Waals surface area contributed by atoms with Crippen molar-refractivity contribution in [3.8, 4) is 11.6 Å². The largest absolute Gasteiger partial charge is 0.461 e. The van der Waals surface area contributed by atoms with Gasteiger partial charge in [-0.05, 0) is 49.2 Å². The molecule has 3 rings (SSSR count). The molecule has 104 valence electrons. The minimum absolute atomic E-state index is 0.528. The molecule has 4 nitrogen and oxygen atoms in total. The van der Waals surface area contributed by atoms with Crippen LogP contribution in [0.2, 0.25) is 0 Å². The SMILES string of the molecule is CCC(CNC)c1ccc2nc(-c3ccco3)[nH]c2c1. The van der Waals surface area contributed by atoms with E-state index in [0.29, 0.717) is 5.92 Å². The molecule has 0 saturated heterocycles. The number of fused-ring (bicyclic) bond motifs is 1. The van der Waals surface area contributed by atoms with E-state index in [9.17, 15) is 0 Å². The number of aromatic nitrogens is 2. The number of furan rings is 1. The molecule has 1 unspecified atom stereocenters. The maximum Gasteiger partial charge on any atom is 0.174 e. The number of benzene rings is 1. The highest BCUT2D eigenvalue weighted by atomic mass is 16.3. The van der Waals surface area contributed by atoms with Crippen molar-refractivity contribution in [2.45, 2.75) is 19.3 Å². The Kier molecular flexibility index (Phi) is 3.56. The highest BCUT2D eigenvalue weighted by Crippen LogP contribution is 2.25. The average molecular weight is 269 g/mol. The Balaban J connectivity index is 1.99. The first-order valence-electron chi connectivity index (χ1n) is 7.00. The third-order valence-electron chi connectivity index (χ3n) is 3.68. The lowest BCUT2D eigenvalue weighted by Crippen LogP contribution is -2.16. The lowest BCUT2D eigenvalue weighted by atomic mass is 9.96. The second-order valence-corrected chi connectivity index (χ2v) is 5.00. The molecule has 0 saturated carbocycles.